The molecule has 14 heavy (non-hydrogen) atoms. The van der Waals surface area contributed by atoms with Crippen LogP contribution in [0.25, 0.3) is 0 Å². The minimum absolute atomic E-state index is 0.214. The zero-order valence-corrected chi connectivity index (χ0v) is 6.84. The molecule has 0 aliphatic carbocycles. The van der Waals surface area contributed by atoms with Crippen LogP contribution in [0, 0.1) is 5.82 Å². The van der Waals surface area contributed by atoms with E-state index < -0.39 is 23.9 Å². The van der Waals surface area contributed by atoms with Crippen molar-refractivity contribution in [3.05, 3.63) is 29.6 Å². The van der Waals surface area contributed by atoms with Gasteiger partial charge < -0.3 is 10.5 Å². The molecule has 0 unspecified atom stereocenters. The molecular formula is C8H6F3NO2. The van der Waals surface area contributed by atoms with Crippen molar-refractivity contribution in [3.8, 4) is 5.75 Å². The molecule has 0 bridgehead atoms. The van der Waals surface area contributed by atoms with Gasteiger partial charge in [0.15, 0.2) is 0 Å². The lowest BCUT2D eigenvalue weighted by Gasteiger charge is -2.04. The Bertz CT molecular complexity index is 354. The largest absolute Gasteiger partial charge is 0.410 e. The molecule has 1 aromatic rings. The summed E-state index contributed by atoms with van der Waals surface area (Å²) in [6.45, 7) is 0. The number of nitrogens with two attached hydrogens (primary N) is 1. The van der Waals surface area contributed by atoms with E-state index >= 15 is 0 Å². The first-order valence-electron chi connectivity index (χ1n) is 3.55. The maximum absolute atomic E-state index is 12.7. The van der Waals surface area contributed by atoms with Crippen molar-refractivity contribution in [2.75, 3.05) is 0 Å². The Morgan fingerprint density at radius 3 is 2.57 bits per heavy atom. The van der Waals surface area contributed by atoms with Crippen LogP contribution < -0.4 is 10.5 Å². The average molecular weight is 205 g/mol. The topological polar surface area (TPSA) is 52.3 Å². The van der Waals surface area contributed by atoms with Gasteiger partial charge in [0.1, 0.15) is 11.6 Å². The summed E-state index contributed by atoms with van der Waals surface area (Å²) in [5, 5.41) is 0. The molecule has 3 nitrogen and oxygen atoms in total. The summed E-state index contributed by atoms with van der Waals surface area (Å²) < 4.78 is 41.3. The molecule has 2 N–H and O–H groups in total. The van der Waals surface area contributed by atoms with E-state index in [1.807, 2.05) is 0 Å². The van der Waals surface area contributed by atoms with E-state index in [1.54, 1.807) is 0 Å². The number of hydrogen-bond donors (Lipinski definition) is 1. The summed E-state index contributed by atoms with van der Waals surface area (Å²) >= 11 is 0. The van der Waals surface area contributed by atoms with Crippen molar-refractivity contribution < 1.29 is 22.7 Å². The van der Waals surface area contributed by atoms with Crippen LogP contribution in [0.4, 0.5) is 18.0 Å². The van der Waals surface area contributed by atoms with Gasteiger partial charge in [0.05, 0.1) is 5.56 Å². The lowest BCUT2D eigenvalue weighted by Crippen LogP contribution is -2.16. The highest BCUT2D eigenvalue weighted by Gasteiger charge is 2.14. The molecular weight excluding hydrogens is 199 g/mol. The maximum atomic E-state index is 12.7. The Kier molecular flexibility index (Phi) is 2.95. The standard InChI is InChI=1S/C8H6F3NO2/c9-6-2-1-4(14-8(12)13)3-5(6)7(10)11/h1-3,7H,(H2,12,13). The third-order valence-corrected chi connectivity index (χ3v) is 1.42. The minimum Gasteiger partial charge on any atom is -0.410 e. The molecule has 76 valence electrons. The number of alkyl halides is 2. The first-order chi connectivity index (χ1) is 6.50. The summed E-state index contributed by atoms with van der Waals surface area (Å²) in [5.74, 6) is -1.27. The average Bonchev–Trinajstić information content (AvgIpc) is 2.07. The van der Waals surface area contributed by atoms with Crippen LogP contribution in [0.3, 0.4) is 0 Å². The van der Waals surface area contributed by atoms with Crippen molar-refractivity contribution in [1.82, 2.24) is 0 Å². The molecule has 0 atom stereocenters. The number of benzene rings is 1. The second-order valence-electron chi connectivity index (χ2n) is 2.41. The van der Waals surface area contributed by atoms with Crippen molar-refractivity contribution in [2.24, 2.45) is 5.73 Å². The van der Waals surface area contributed by atoms with Gasteiger partial charge in [0.25, 0.3) is 6.43 Å². The molecule has 1 rings (SSSR count). The lowest BCUT2D eigenvalue weighted by molar-refractivity contribution is 0.145. The Morgan fingerprint density at radius 1 is 1.43 bits per heavy atom. The van der Waals surface area contributed by atoms with E-state index in [-0.39, 0.29) is 5.75 Å². The van der Waals surface area contributed by atoms with Crippen LogP contribution in [0.5, 0.6) is 5.75 Å². The molecule has 1 amide bonds. The van der Waals surface area contributed by atoms with Crippen molar-refractivity contribution in [1.29, 1.82) is 0 Å². The molecule has 0 aromatic heterocycles. The number of carbonyl (C=O) groups is 1. The summed E-state index contributed by atoms with van der Waals surface area (Å²) in [7, 11) is 0. The highest BCUT2D eigenvalue weighted by atomic mass is 19.3. The fourth-order valence-electron chi connectivity index (χ4n) is 0.869. The van der Waals surface area contributed by atoms with Gasteiger partial charge in [-0.2, -0.15) is 0 Å². The second kappa shape index (κ2) is 3.99. The Morgan fingerprint density at radius 2 is 2.07 bits per heavy atom. The quantitative estimate of drug-likeness (QED) is 0.804. The van der Waals surface area contributed by atoms with Crippen LogP contribution in [-0.2, 0) is 0 Å². The molecule has 0 spiro atoms. The highest BCUT2D eigenvalue weighted by molar-refractivity contribution is 5.68. The first-order valence-corrected chi connectivity index (χ1v) is 3.55. The minimum atomic E-state index is -2.97. The van der Waals surface area contributed by atoms with Crippen LogP contribution in [0.15, 0.2) is 18.2 Å². The van der Waals surface area contributed by atoms with Gasteiger partial charge in [-0.15, -0.1) is 0 Å². The molecule has 0 saturated heterocycles. The summed E-state index contributed by atoms with van der Waals surface area (Å²) in [6.07, 6.45) is -4.11. The van der Waals surface area contributed by atoms with Gasteiger partial charge >= 0.3 is 6.09 Å². The number of ether oxygens (including phenoxy) is 1. The van der Waals surface area contributed by atoms with E-state index in [0.717, 1.165) is 18.2 Å². The molecule has 0 fully saturated rings. The van der Waals surface area contributed by atoms with Crippen LogP contribution in [-0.4, -0.2) is 6.09 Å². The molecule has 0 radical (unpaired) electrons. The second-order valence-corrected chi connectivity index (χ2v) is 2.41. The normalized spacial score (nSPS) is 10.3. The van der Waals surface area contributed by atoms with Gasteiger partial charge in [-0.05, 0) is 18.2 Å². The molecule has 0 saturated carbocycles. The first kappa shape index (κ1) is 10.4. The molecule has 0 heterocycles. The zero-order chi connectivity index (χ0) is 10.7. The number of hydrogen-bond acceptors (Lipinski definition) is 2. The fraction of sp³-hybridized carbons (Fsp3) is 0.125. The van der Waals surface area contributed by atoms with E-state index in [9.17, 15) is 18.0 Å². The number of amides is 1. The summed E-state index contributed by atoms with van der Waals surface area (Å²) in [4.78, 5) is 10.3. The van der Waals surface area contributed by atoms with E-state index in [0.29, 0.717) is 0 Å². The lowest BCUT2D eigenvalue weighted by atomic mass is 10.2. The van der Waals surface area contributed by atoms with E-state index in [1.165, 1.54) is 0 Å². The third kappa shape index (κ3) is 2.38. The zero-order valence-electron chi connectivity index (χ0n) is 6.84. The summed E-state index contributed by atoms with van der Waals surface area (Å²) in [6, 6.07) is 2.54. The predicted octanol–water partition coefficient (Wildman–Crippen LogP) is 2.22. The molecule has 0 aliphatic heterocycles. The smallest absolute Gasteiger partial charge is 0.409 e. The van der Waals surface area contributed by atoms with Crippen LogP contribution >= 0.6 is 0 Å². The van der Waals surface area contributed by atoms with Crippen LogP contribution in [0.1, 0.15) is 12.0 Å². The number of halogens is 3. The summed E-state index contributed by atoms with van der Waals surface area (Å²) in [5.41, 5.74) is 3.82. The Balaban J connectivity index is 3.00. The van der Waals surface area contributed by atoms with Gasteiger partial charge in [-0.3, -0.25) is 0 Å². The van der Waals surface area contributed by atoms with Gasteiger partial charge in [0.2, 0.25) is 0 Å². The molecule has 1 aromatic carbocycles. The predicted molar refractivity (Wildman–Crippen MR) is 41.6 cm³/mol. The van der Waals surface area contributed by atoms with Crippen molar-refractivity contribution in [2.45, 2.75) is 6.43 Å². The third-order valence-electron chi connectivity index (χ3n) is 1.42. The highest BCUT2D eigenvalue weighted by Crippen LogP contribution is 2.25. The number of carbonyl (C=O) groups excluding carboxylic acids is 1. The van der Waals surface area contributed by atoms with Gasteiger partial charge in [-0.1, -0.05) is 0 Å². The Labute approximate surface area is 77.3 Å². The van der Waals surface area contributed by atoms with E-state index in [2.05, 4.69) is 10.5 Å². The van der Waals surface area contributed by atoms with Gasteiger partial charge in [-0.25, -0.2) is 18.0 Å². The fourth-order valence-corrected chi connectivity index (χ4v) is 0.869. The molecule has 6 heteroatoms. The SMILES string of the molecule is NC(=O)Oc1ccc(F)c(C(F)F)c1. The Hall–Kier alpha value is -1.72. The number of rotatable bonds is 2. The van der Waals surface area contributed by atoms with Crippen molar-refractivity contribution >= 4 is 6.09 Å². The van der Waals surface area contributed by atoms with Gasteiger partial charge in [0, 0.05) is 0 Å². The monoisotopic (exact) mass is 205 g/mol. The molecule has 0 aliphatic rings. The van der Waals surface area contributed by atoms with Crippen LogP contribution in [0.2, 0.25) is 0 Å². The maximum Gasteiger partial charge on any atom is 0.409 e. The van der Waals surface area contributed by atoms with E-state index in [4.69, 9.17) is 0 Å². The number of primary amides is 1. The van der Waals surface area contributed by atoms with Crippen molar-refractivity contribution in [3.63, 3.8) is 0 Å².